The SMILES string of the molecule is O=C(Nc1ccc(S(=O)(=O)NC[C@@H]2CCCO2)cc1)c1cccnc1. The molecule has 0 bridgehead atoms. The van der Waals surface area contributed by atoms with E-state index in [2.05, 4.69) is 15.0 Å². The lowest BCUT2D eigenvalue weighted by Gasteiger charge is -2.12. The third-order valence-corrected chi connectivity index (χ3v) is 5.31. The molecule has 1 fully saturated rings. The van der Waals surface area contributed by atoms with Gasteiger partial charge in [-0.3, -0.25) is 9.78 Å². The Morgan fingerprint density at radius 1 is 1.24 bits per heavy atom. The van der Waals surface area contributed by atoms with E-state index in [1.165, 1.54) is 18.3 Å². The second-order valence-electron chi connectivity index (χ2n) is 5.71. The number of rotatable bonds is 6. The largest absolute Gasteiger partial charge is 0.377 e. The molecule has 1 aromatic heterocycles. The molecule has 1 aliphatic heterocycles. The van der Waals surface area contributed by atoms with Gasteiger partial charge in [0.2, 0.25) is 10.0 Å². The van der Waals surface area contributed by atoms with Gasteiger partial charge in [0.05, 0.1) is 16.6 Å². The molecule has 1 amide bonds. The molecule has 0 saturated carbocycles. The minimum atomic E-state index is -3.60. The number of sulfonamides is 1. The van der Waals surface area contributed by atoms with Gasteiger partial charge in [-0.05, 0) is 49.2 Å². The summed E-state index contributed by atoms with van der Waals surface area (Å²) in [6.45, 7) is 0.944. The lowest BCUT2D eigenvalue weighted by Crippen LogP contribution is -2.31. The number of pyridine rings is 1. The van der Waals surface area contributed by atoms with E-state index in [-0.39, 0.29) is 23.5 Å². The number of carbonyl (C=O) groups excluding carboxylic acids is 1. The van der Waals surface area contributed by atoms with Crippen LogP contribution in [0.3, 0.4) is 0 Å². The molecule has 0 unspecified atom stereocenters. The van der Waals surface area contributed by atoms with Crippen LogP contribution < -0.4 is 10.0 Å². The fourth-order valence-electron chi connectivity index (χ4n) is 2.51. The molecule has 1 aliphatic rings. The Kier molecular flexibility index (Phi) is 5.42. The molecule has 3 rings (SSSR count). The fraction of sp³-hybridized carbons (Fsp3) is 0.294. The van der Waals surface area contributed by atoms with Gasteiger partial charge in [0, 0.05) is 31.2 Å². The predicted octanol–water partition coefficient (Wildman–Crippen LogP) is 1.79. The second kappa shape index (κ2) is 7.73. The summed E-state index contributed by atoms with van der Waals surface area (Å²) in [5.41, 5.74) is 0.935. The predicted molar refractivity (Wildman–Crippen MR) is 92.8 cm³/mol. The summed E-state index contributed by atoms with van der Waals surface area (Å²) in [5.74, 6) is -0.305. The van der Waals surface area contributed by atoms with E-state index in [1.807, 2.05) is 0 Å². The first kappa shape index (κ1) is 17.5. The second-order valence-corrected chi connectivity index (χ2v) is 7.47. The Morgan fingerprint density at radius 2 is 2.04 bits per heavy atom. The Morgan fingerprint density at radius 3 is 2.68 bits per heavy atom. The zero-order valence-electron chi connectivity index (χ0n) is 13.5. The number of aromatic nitrogens is 1. The third kappa shape index (κ3) is 4.62. The van der Waals surface area contributed by atoms with Gasteiger partial charge in [0.1, 0.15) is 0 Å². The number of anilines is 1. The number of hydrogen-bond acceptors (Lipinski definition) is 5. The zero-order chi connectivity index (χ0) is 17.7. The molecule has 1 saturated heterocycles. The minimum absolute atomic E-state index is 0.0622. The van der Waals surface area contributed by atoms with Gasteiger partial charge in [-0.2, -0.15) is 0 Å². The molecule has 0 aliphatic carbocycles. The first-order valence-electron chi connectivity index (χ1n) is 7.97. The topological polar surface area (TPSA) is 97.4 Å². The summed E-state index contributed by atoms with van der Waals surface area (Å²) in [5, 5.41) is 2.70. The summed E-state index contributed by atoms with van der Waals surface area (Å²) in [7, 11) is -3.60. The van der Waals surface area contributed by atoms with E-state index < -0.39 is 10.0 Å². The molecule has 2 heterocycles. The van der Waals surface area contributed by atoms with Crippen LogP contribution in [0.4, 0.5) is 5.69 Å². The third-order valence-electron chi connectivity index (χ3n) is 3.87. The molecule has 132 valence electrons. The van der Waals surface area contributed by atoms with Crippen molar-refractivity contribution in [2.24, 2.45) is 0 Å². The number of ether oxygens (including phenoxy) is 1. The minimum Gasteiger partial charge on any atom is -0.377 e. The van der Waals surface area contributed by atoms with Gasteiger partial charge < -0.3 is 10.1 Å². The normalized spacial score (nSPS) is 17.4. The highest BCUT2D eigenvalue weighted by atomic mass is 32.2. The van der Waals surface area contributed by atoms with Crippen LogP contribution in [0.25, 0.3) is 0 Å². The Bertz CT molecular complexity index is 817. The smallest absolute Gasteiger partial charge is 0.257 e. The maximum atomic E-state index is 12.3. The highest BCUT2D eigenvalue weighted by molar-refractivity contribution is 7.89. The lowest BCUT2D eigenvalue weighted by atomic mass is 10.2. The monoisotopic (exact) mass is 361 g/mol. The van der Waals surface area contributed by atoms with Crippen molar-refractivity contribution in [1.29, 1.82) is 0 Å². The Labute approximate surface area is 146 Å². The molecule has 1 aromatic carbocycles. The van der Waals surface area contributed by atoms with E-state index in [0.29, 0.717) is 17.9 Å². The van der Waals surface area contributed by atoms with Crippen LogP contribution in [0.5, 0.6) is 0 Å². The maximum absolute atomic E-state index is 12.3. The summed E-state index contributed by atoms with van der Waals surface area (Å²) in [4.78, 5) is 16.1. The molecule has 2 N–H and O–H groups in total. The van der Waals surface area contributed by atoms with Crippen LogP contribution in [0.2, 0.25) is 0 Å². The summed E-state index contributed by atoms with van der Waals surface area (Å²) in [6.07, 6.45) is 4.80. The molecule has 0 spiro atoms. The number of nitrogens with one attached hydrogen (secondary N) is 2. The van der Waals surface area contributed by atoms with Gasteiger partial charge in [0.25, 0.3) is 5.91 Å². The van der Waals surface area contributed by atoms with Gasteiger partial charge in [-0.25, -0.2) is 13.1 Å². The number of amides is 1. The zero-order valence-corrected chi connectivity index (χ0v) is 14.3. The summed E-state index contributed by atoms with van der Waals surface area (Å²) in [6, 6.07) is 9.33. The number of hydrogen-bond donors (Lipinski definition) is 2. The van der Waals surface area contributed by atoms with E-state index in [4.69, 9.17) is 4.74 Å². The van der Waals surface area contributed by atoms with Crippen LogP contribution in [-0.2, 0) is 14.8 Å². The molecule has 25 heavy (non-hydrogen) atoms. The van der Waals surface area contributed by atoms with Crippen molar-refractivity contribution in [2.45, 2.75) is 23.8 Å². The Hall–Kier alpha value is -2.29. The molecule has 0 radical (unpaired) electrons. The fourth-order valence-corrected chi connectivity index (χ4v) is 3.58. The van der Waals surface area contributed by atoms with E-state index in [9.17, 15) is 13.2 Å². The number of nitrogens with zero attached hydrogens (tertiary/aromatic N) is 1. The highest BCUT2D eigenvalue weighted by Crippen LogP contribution is 2.16. The van der Waals surface area contributed by atoms with Crippen LogP contribution in [0.15, 0.2) is 53.7 Å². The summed E-state index contributed by atoms with van der Waals surface area (Å²) >= 11 is 0. The number of benzene rings is 1. The van der Waals surface area contributed by atoms with Crippen LogP contribution in [0, 0.1) is 0 Å². The molecular weight excluding hydrogens is 342 g/mol. The average molecular weight is 361 g/mol. The van der Waals surface area contributed by atoms with Crippen molar-refractivity contribution in [3.63, 3.8) is 0 Å². The van der Waals surface area contributed by atoms with Gasteiger partial charge >= 0.3 is 0 Å². The van der Waals surface area contributed by atoms with Gasteiger partial charge in [0.15, 0.2) is 0 Å². The standard InChI is InChI=1S/C17H19N3O4S/c21-17(13-3-1-9-18-11-13)20-14-5-7-16(8-6-14)25(22,23)19-12-15-4-2-10-24-15/h1,3,5-9,11,15,19H,2,4,10,12H2,(H,20,21)/t15-/m0/s1. The Balaban J connectivity index is 1.62. The van der Waals surface area contributed by atoms with Crippen LogP contribution >= 0.6 is 0 Å². The summed E-state index contributed by atoms with van der Waals surface area (Å²) < 4.78 is 32.5. The average Bonchev–Trinajstić information content (AvgIpc) is 3.15. The molecule has 1 atom stereocenters. The van der Waals surface area contributed by atoms with Crippen molar-refractivity contribution in [3.8, 4) is 0 Å². The molecule has 2 aromatic rings. The van der Waals surface area contributed by atoms with Gasteiger partial charge in [-0.15, -0.1) is 0 Å². The van der Waals surface area contributed by atoms with Crippen LogP contribution in [0.1, 0.15) is 23.2 Å². The van der Waals surface area contributed by atoms with Crippen molar-refractivity contribution < 1.29 is 17.9 Å². The van der Waals surface area contributed by atoms with E-state index in [0.717, 1.165) is 12.8 Å². The molecular formula is C17H19N3O4S. The highest BCUT2D eigenvalue weighted by Gasteiger charge is 2.20. The van der Waals surface area contributed by atoms with Crippen molar-refractivity contribution in [3.05, 3.63) is 54.4 Å². The van der Waals surface area contributed by atoms with Crippen molar-refractivity contribution >= 4 is 21.6 Å². The first-order valence-corrected chi connectivity index (χ1v) is 9.46. The van der Waals surface area contributed by atoms with Crippen LogP contribution in [-0.4, -0.2) is 38.6 Å². The van der Waals surface area contributed by atoms with E-state index in [1.54, 1.807) is 30.5 Å². The molecule has 7 nitrogen and oxygen atoms in total. The van der Waals surface area contributed by atoms with Crippen molar-refractivity contribution in [1.82, 2.24) is 9.71 Å². The first-order chi connectivity index (χ1) is 12.0. The van der Waals surface area contributed by atoms with Gasteiger partial charge in [-0.1, -0.05) is 0 Å². The maximum Gasteiger partial charge on any atom is 0.257 e. The van der Waals surface area contributed by atoms with E-state index >= 15 is 0 Å². The lowest BCUT2D eigenvalue weighted by molar-refractivity contribution is 0.102. The quantitative estimate of drug-likeness (QED) is 0.817. The van der Waals surface area contributed by atoms with Crippen molar-refractivity contribution in [2.75, 3.05) is 18.5 Å². The molecule has 8 heteroatoms. The number of carbonyl (C=O) groups is 1.